The molecule has 1 aromatic heterocycles. The van der Waals surface area contributed by atoms with Crippen molar-refractivity contribution in [3.05, 3.63) is 47.1 Å². The zero-order valence-electron chi connectivity index (χ0n) is 14.8. The Morgan fingerprint density at radius 2 is 2.00 bits per heavy atom. The molecule has 2 aromatic rings. The van der Waals surface area contributed by atoms with Crippen molar-refractivity contribution in [1.29, 1.82) is 0 Å². The number of carbonyl (C=O) groups is 1. The van der Waals surface area contributed by atoms with Crippen molar-refractivity contribution in [2.24, 2.45) is 17.8 Å². The summed E-state index contributed by atoms with van der Waals surface area (Å²) in [7, 11) is 0. The molecule has 142 valence electrons. The molecule has 5 rings (SSSR count). The van der Waals surface area contributed by atoms with Crippen LogP contribution in [0.5, 0.6) is 0 Å². The van der Waals surface area contributed by atoms with Crippen LogP contribution in [0, 0.1) is 29.4 Å². The summed E-state index contributed by atoms with van der Waals surface area (Å²) in [6, 6.07) is 3.99. The number of benzene rings is 1. The van der Waals surface area contributed by atoms with E-state index in [2.05, 4.69) is 15.5 Å². The van der Waals surface area contributed by atoms with Gasteiger partial charge in [0.05, 0.1) is 11.8 Å². The third kappa shape index (κ3) is 2.93. The summed E-state index contributed by atoms with van der Waals surface area (Å²) in [6.45, 7) is -0.0276. The van der Waals surface area contributed by atoms with E-state index in [0.29, 0.717) is 17.7 Å². The molecule has 1 amide bonds. The summed E-state index contributed by atoms with van der Waals surface area (Å²) in [6.07, 6.45) is 5.26. The van der Waals surface area contributed by atoms with E-state index in [1.54, 1.807) is 0 Å². The molecule has 0 saturated heterocycles. The van der Waals surface area contributed by atoms with Crippen LogP contribution in [0.3, 0.4) is 0 Å². The zero-order valence-corrected chi connectivity index (χ0v) is 14.8. The van der Waals surface area contributed by atoms with Crippen LogP contribution in [0.25, 0.3) is 0 Å². The van der Waals surface area contributed by atoms with E-state index in [0.717, 1.165) is 44.0 Å². The lowest BCUT2D eigenvalue weighted by Crippen LogP contribution is -2.37. The molecule has 0 aliphatic heterocycles. The van der Waals surface area contributed by atoms with E-state index in [1.165, 1.54) is 12.1 Å². The van der Waals surface area contributed by atoms with Crippen LogP contribution in [-0.2, 0) is 11.3 Å². The first kappa shape index (κ1) is 16.8. The van der Waals surface area contributed by atoms with Gasteiger partial charge in [-0.05, 0) is 50.0 Å². The molecule has 4 atom stereocenters. The predicted octanol–water partition coefficient (Wildman–Crippen LogP) is 3.67. The summed E-state index contributed by atoms with van der Waals surface area (Å²) in [5.41, 5.74) is 0.150. The van der Waals surface area contributed by atoms with Crippen LogP contribution in [0.4, 0.5) is 8.78 Å². The third-order valence-electron chi connectivity index (χ3n) is 6.39. The van der Waals surface area contributed by atoms with Crippen molar-refractivity contribution >= 4 is 5.91 Å². The van der Waals surface area contributed by atoms with Gasteiger partial charge >= 0.3 is 0 Å². The zero-order chi connectivity index (χ0) is 18.5. The minimum absolute atomic E-state index is 0.0276. The molecule has 3 aliphatic rings. The first-order valence-corrected chi connectivity index (χ1v) is 9.66. The summed E-state index contributed by atoms with van der Waals surface area (Å²) >= 11 is 0. The van der Waals surface area contributed by atoms with Gasteiger partial charge in [-0.15, -0.1) is 0 Å². The predicted molar refractivity (Wildman–Crippen MR) is 91.5 cm³/mol. The van der Waals surface area contributed by atoms with E-state index in [-0.39, 0.29) is 35.8 Å². The van der Waals surface area contributed by atoms with Crippen molar-refractivity contribution in [2.45, 2.75) is 50.5 Å². The molecule has 5 nitrogen and oxygen atoms in total. The Bertz CT molecular complexity index is 880. The third-order valence-corrected chi connectivity index (χ3v) is 6.39. The number of rotatable bonds is 5. The molecule has 3 saturated carbocycles. The first-order chi connectivity index (χ1) is 13.1. The van der Waals surface area contributed by atoms with Crippen molar-refractivity contribution in [3.8, 4) is 0 Å². The molecule has 1 N–H and O–H groups in total. The SMILES string of the molecule is O=C(NCc1cccc(F)c1F)[C@H]1[C@H]2CC[C@H](C2)[C@@H]1c1nc(C2CC2)no1. The van der Waals surface area contributed by atoms with Crippen LogP contribution >= 0.6 is 0 Å². The molecule has 7 heteroatoms. The molecule has 2 bridgehead atoms. The highest BCUT2D eigenvalue weighted by Crippen LogP contribution is 2.56. The molecular formula is C20H21F2N3O2. The normalized spacial score (nSPS) is 29.3. The smallest absolute Gasteiger partial charge is 0.230 e. The van der Waals surface area contributed by atoms with Crippen LogP contribution in [0.2, 0.25) is 0 Å². The van der Waals surface area contributed by atoms with Crippen molar-refractivity contribution in [2.75, 3.05) is 0 Å². The van der Waals surface area contributed by atoms with Gasteiger partial charge in [0.2, 0.25) is 11.8 Å². The van der Waals surface area contributed by atoms with Crippen LogP contribution < -0.4 is 5.32 Å². The number of fused-ring (bicyclic) bond motifs is 2. The van der Waals surface area contributed by atoms with E-state index in [1.807, 2.05) is 0 Å². The number of halogens is 2. The van der Waals surface area contributed by atoms with E-state index in [9.17, 15) is 13.6 Å². The Hall–Kier alpha value is -2.31. The molecule has 0 spiro atoms. The van der Waals surface area contributed by atoms with Gasteiger partial charge in [-0.1, -0.05) is 17.3 Å². The first-order valence-electron chi connectivity index (χ1n) is 9.66. The highest BCUT2D eigenvalue weighted by Gasteiger charge is 2.53. The Morgan fingerprint density at radius 3 is 2.81 bits per heavy atom. The summed E-state index contributed by atoms with van der Waals surface area (Å²) < 4.78 is 32.7. The maximum Gasteiger partial charge on any atom is 0.230 e. The fourth-order valence-corrected chi connectivity index (χ4v) is 4.90. The molecule has 27 heavy (non-hydrogen) atoms. The summed E-state index contributed by atoms with van der Waals surface area (Å²) in [5, 5.41) is 6.91. The number of aromatic nitrogens is 2. The van der Waals surface area contributed by atoms with Gasteiger partial charge in [-0.2, -0.15) is 4.98 Å². The highest BCUT2D eigenvalue weighted by molar-refractivity contribution is 5.80. The van der Waals surface area contributed by atoms with Gasteiger partial charge in [-0.3, -0.25) is 4.79 Å². The van der Waals surface area contributed by atoms with Crippen LogP contribution in [-0.4, -0.2) is 16.0 Å². The molecule has 3 fully saturated rings. The van der Waals surface area contributed by atoms with Gasteiger partial charge in [0.25, 0.3) is 0 Å². The molecule has 0 unspecified atom stereocenters. The van der Waals surface area contributed by atoms with E-state index >= 15 is 0 Å². The van der Waals surface area contributed by atoms with Gasteiger partial charge < -0.3 is 9.84 Å². The Morgan fingerprint density at radius 1 is 1.19 bits per heavy atom. The Balaban J connectivity index is 1.33. The standard InChI is InChI=1S/C20H21F2N3O2/c21-14-3-1-2-13(17(14)22)9-23-19(26)15-11-6-7-12(8-11)16(15)20-24-18(25-27-20)10-4-5-10/h1-3,10-12,15-16H,4-9H2,(H,23,26)/t11-,12+,15-,16-/m0/s1. The topological polar surface area (TPSA) is 68.0 Å². The van der Waals surface area contributed by atoms with Gasteiger partial charge in [0, 0.05) is 18.0 Å². The maximum absolute atomic E-state index is 13.8. The monoisotopic (exact) mass is 373 g/mol. The second-order valence-electron chi connectivity index (χ2n) is 8.08. The number of hydrogen-bond donors (Lipinski definition) is 1. The highest BCUT2D eigenvalue weighted by atomic mass is 19.2. The molecule has 1 aromatic carbocycles. The van der Waals surface area contributed by atoms with Gasteiger partial charge in [-0.25, -0.2) is 8.78 Å². The van der Waals surface area contributed by atoms with Gasteiger partial charge in [0.15, 0.2) is 17.5 Å². The Kier molecular flexibility index (Phi) is 3.98. The lowest BCUT2D eigenvalue weighted by Gasteiger charge is -2.27. The number of carbonyl (C=O) groups excluding carboxylic acids is 1. The summed E-state index contributed by atoms with van der Waals surface area (Å²) in [4.78, 5) is 17.5. The lowest BCUT2D eigenvalue weighted by molar-refractivity contribution is -0.127. The minimum Gasteiger partial charge on any atom is -0.352 e. The average Bonchev–Trinajstić information content (AvgIpc) is 3.08. The number of nitrogens with one attached hydrogen (secondary N) is 1. The van der Waals surface area contributed by atoms with Crippen LogP contribution in [0.15, 0.2) is 22.7 Å². The fraction of sp³-hybridized carbons (Fsp3) is 0.550. The molecule has 3 aliphatic carbocycles. The fourth-order valence-electron chi connectivity index (χ4n) is 4.90. The number of hydrogen-bond acceptors (Lipinski definition) is 4. The maximum atomic E-state index is 13.8. The second kappa shape index (κ2) is 6.39. The molecule has 1 heterocycles. The van der Waals surface area contributed by atoms with E-state index < -0.39 is 11.6 Å². The van der Waals surface area contributed by atoms with Crippen molar-refractivity contribution in [3.63, 3.8) is 0 Å². The second-order valence-corrected chi connectivity index (χ2v) is 8.08. The lowest BCUT2D eigenvalue weighted by atomic mass is 9.78. The summed E-state index contributed by atoms with van der Waals surface area (Å²) in [5.74, 6) is 0.138. The average molecular weight is 373 g/mol. The molecule has 0 radical (unpaired) electrons. The largest absolute Gasteiger partial charge is 0.352 e. The Labute approximate surface area is 155 Å². The number of amides is 1. The minimum atomic E-state index is -0.909. The molecular weight excluding hydrogens is 352 g/mol. The van der Waals surface area contributed by atoms with Crippen molar-refractivity contribution in [1.82, 2.24) is 15.5 Å². The van der Waals surface area contributed by atoms with E-state index in [4.69, 9.17) is 4.52 Å². The van der Waals surface area contributed by atoms with Crippen LogP contribution in [0.1, 0.15) is 61.2 Å². The quantitative estimate of drug-likeness (QED) is 0.868. The number of nitrogens with zero attached hydrogens (tertiary/aromatic N) is 2. The van der Waals surface area contributed by atoms with Crippen molar-refractivity contribution < 1.29 is 18.1 Å². The van der Waals surface area contributed by atoms with Gasteiger partial charge in [0.1, 0.15) is 0 Å².